The molecule has 1 aliphatic rings. The molecule has 1 aromatic rings. The lowest BCUT2D eigenvalue weighted by molar-refractivity contribution is -0.384. The summed E-state index contributed by atoms with van der Waals surface area (Å²) < 4.78 is 0. The molecule has 6 nitrogen and oxygen atoms in total. The van der Waals surface area contributed by atoms with Crippen molar-refractivity contribution in [2.45, 2.75) is 18.9 Å². The predicted octanol–water partition coefficient (Wildman–Crippen LogP) is 0.697. The highest BCUT2D eigenvalue weighted by Crippen LogP contribution is 2.14. The molecule has 0 bridgehead atoms. The summed E-state index contributed by atoms with van der Waals surface area (Å²) in [5.74, 6) is 0.0248. The number of nitrogens with two attached hydrogens (primary N) is 1. The number of nitro benzene ring substituents is 1. The van der Waals surface area contributed by atoms with E-state index in [4.69, 9.17) is 5.73 Å². The second kappa shape index (κ2) is 5.14. The number of hydrogen-bond acceptors (Lipinski definition) is 4. The highest BCUT2D eigenvalue weighted by atomic mass is 16.6. The van der Waals surface area contributed by atoms with Gasteiger partial charge in [-0.25, -0.2) is 0 Å². The van der Waals surface area contributed by atoms with Gasteiger partial charge in [-0.2, -0.15) is 0 Å². The molecule has 1 amide bonds. The van der Waals surface area contributed by atoms with Crippen LogP contribution in [0.1, 0.15) is 12.0 Å². The van der Waals surface area contributed by atoms with E-state index in [0.717, 1.165) is 12.0 Å². The van der Waals surface area contributed by atoms with Gasteiger partial charge in [-0.15, -0.1) is 0 Å². The summed E-state index contributed by atoms with van der Waals surface area (Å²) in [4.78, 5) is 23.7. The molecule has 1 fully saturated rings. The molecule has 1 heterocycles. The van der Waals surface area contributed by atoms with Crippen molar-refractivity contribution in [2.75, 3.05) is 13.1 Å². The van der Waals surface area contributed by atoms with Crippen LogP contribution in [0.5, 0.6) is 0 Å². The lowest BCUT2D eigenvalue weighted by Crippen LogP contribution is -2.32. The molecule has 2 N–H and O–H groups in total. The minimum absolute atomic E-state index is 0.0248. The number of non-ortho nitro benzene ring substituents is 1. The normalized spacial score (nSPS) is 18.9. The Labute approximate surface area is 105 Å². The maximum Gasteiger partial charge on any atom is 0.269 e. The highest BCUT2D eigenvalue weighted by Gasteiger charge is 2.23. The van der Waals surface area contributed by atoms with E-state index < -0.39 is 4.92 Å². The molecule has 0 spiro atoms. The first-order chi connectivity index (χ1) is 8.56. The lowest BCUT2D eigenvalue weighted by atomic mass is 10.1. The molecule has 1 atom stereocenters. The second-order valence-electron chi connectivity index (χ2n) is 4.49. The number of rotatable bonds is 3. The summed E-state index contributed by atoms with van der Waals surface area (Å²) in [6, 6.07) is 6.14. The van der Waals surface area contributed by atoms with Gasteiger partial charge in [-0.3, -0.25) is 14.9 Å². The molecule has 1 unspecified atom stereocenters. The van der Waals surface area contributed by atoms with Gasteiger partial charge in [0.05, 0.1) is 11.3 Å². The van der Waals surface area contributed by atoms with E-state index in [1.807, 2.05) is 0 Å². The lowest BCUT2D eigenvalue weighted by Gasteiger charge is -2.15. The Balaban J connectivity index is 1.97. The molecule has 0 aromatic heterocycles. The zero-order chi connectivity index (χ0) is 13.1. The van der Waals surface area contributed by atoms with E-state index in [1.165, 1.54) is 12.1 Å². The van der Waals surface area contributed by atoms with Gasteiger partial charge < -0.3 is 10.6 Å². The fraction of sp³-hybridized carbons (Fsp3) is 0.417. The quantitative estimate of drug-likeness (QED) is 0.630. The van der Waals surface area contributed by atoms with E-state index in [1.54, 1.807) is 17.0 Å². The van der Waals surface area contributed by atoms with Gasteiger partial charge in [0.1, 0.15) is 0 Å². The summed E-state index contributed by atoms with van der Waals surface area (Å²) >= 11 is 0. The summed E-state index contributed by atoms with van der Waals surface area (Å²) in [5.41, 5.74) is 6.56. The number of nitrogens with zero attached hydrogens (tertiary/aromatic N) is 2. The Morgan fingerprint density at radius 1 is 1.44 bits per heavy atom. The Morgan fingerprint density at radius 2 is 2.11 bits per heavy atom. The standard InChI is InChI=1S/C12H15N3O3/c13-10-5-6-14(8-10)12(16)7-9-1-3-11(4-2-9)15(17)18/h1-4,10H,5-8,13H2. The van der Waals surface area contributed by atoms with E-state index >= 15 is 0 Å². The average molecular weight is 249 g/mol. The van der Waals surface area contributed by atoms with Crippen LogP contribution < -0.4 is 5.73 Å². The average Bonchev–Trinajstić information content (AvgIpc) is 2.76. The van der Waals surface area contributed by atoms with E-state index in [-0.39, 0.29) is 24.1 Å². The number of hydrogen-bond donors (Lipinski definition) is 1. The molecule has 0 aliphatic carbocycles. The molecular formula is C12H15N3O3. The smallest absolute Gasteiger partial charge is 0.269 e. The molecule has 2 rings (SSSR count). The first kappa shape index (κ1) is 12.5. The summed E-state index contributed by atoms with van der Waals surface area (Å²) in [6.07, 6.45) is 1.11. The number of amides is 1. The minimum Gasteiger partial charge on any atom is -0.341 e. The number of nitro groups is 1. The number of carbonyl (C=O) groups is 1. The van der Waals surface area contributed by atoms with Crippen molar-refractivity contribution in [3.8, 4) is 0 Å². The Morgan fingerprint density at radius 3 is 2.61 bits per heavy atom. The molecule has 1 aromatic carbocycles. The topological polar surface area (TPSA) is 89.5 Å². The number of benzene rings is 1. The molecule has 0 saturated carbocycles. The monoisotopic (exact) mass is 249 g/mol. The van der Waals surface area contributed by atoms with Crippen LogP contribution in [-0.4, -0.2) is 34.9 Å². The minimum atomic E-state index is -0.453. The van der Waals surface area contributed by atoms with Crippen molar-refractivity contribution < 1.29 is 9.72 Å². The molecule has 18 heavy (non-hydrogen) atoms. The molecule has 1 saturated heterocycles. The van der Waals surface area contributed by atoms with Gasteiger partial charge >= 0.3 is 0 Å². The van der Waals surface area contributed by atoms with Gasteiger partial charge in [-0.05, 0) is 12.0 Å². The van der Waals surface area contributed by atoms with Gasteiger partial charge in [0.25, 0.3) is 5.69 Å². The van der Waals surface area contributed by atoms with Crippen molar-refractivity contribution in [1.29, 1.82) is 0 Å². The third-order valence-electron chi connectivity index (χ3n) is 3.08. The second-order valence-corrected chi connectivity index (χ2v) is 4.49. The van der Waals surface area contributed by atoms with Crippen LogP contribution in [0, 0.1) is 10.1 Å². The molecule has 96 valence electrons. The highest BCUT2D eigenvalue weighted by molar-refractivity contribution is 5.79. The zero-order valence-electron chi connectivity index (χ0n) is 9.91. The van der Waals surface area contributed by atoms with Crippen LogP contribution in [0.4, 0.5) is 5.69 Å². The third-order valence-corrected chi connectivity index (χ3v) is 3.08. The Hall–Kier alpha value is -1.95. The fourth-order valence-electron chi connectivity index (χ4n) is 2.04. The summed E-state index contributed by atoms with van der Waals surface area (Å²) in [5, 5.41) is 10.5. The van der Waals surface area contributed by atoms with Crippen LogP contribution in [0.25, 0.3) is 0 Å². The first-order valence-corrected chi connectivity index (χ1v) is 5.83. The first-order valence-electron chi connectivity index (χ1n) is 5.83. The number of carbonyl (C=O) groups excluding carboxylic acids is 1. The maximum absolute atomic E-state index is 11.9. The van der Waals surface area contributed by atoms with Crippen molar-refractivity contribution in [3.63, 3.8) is 0 Å². The molecule has 0 radical (unpaired) electrons. The number of likely N-dealkylation sites (tertiary alicyclic amines) is 1. The van der Waals surface area contributed by atoms with Crippen molar-refractivity contribution in [1.82, 2.24) is 4.90 Å². The molecule has 1 aliphatic heterocycles. The molecule has 6 heteroatoms. The van der Waals surface area contributed by atoms with Crippen molar-refractivity contribution >= 4 is 11.6 Å². The van der Waals surface area contributed by atoms with Crippen LogP contribution in [0.15, 0.2) is 24.3 Å². The van der Waals surface area contributed by atoms with E-state index in [2.05, 4.69) is 0 Å². The Kier molecular flexibility index (Phi) is 3.57. The summed E-state index contributed by atoms with van der Waals surface area (Å²) in [7, 11) is 0. The van der Waals surface area contributed by atoms with Gasteiger partial charge in [0, 0.05) is 31.3 Å². The van der Waals surface area contributed by atoms with Gasteiger partial charge in [0.15, 0.2) is 0 Å². The third kappa shape index (κ3) is 2.84. The largest absolute Gasteiger partial charge is 0.341 e. The van der Waals surface area contributed by atoms with Crippen molar-refractivity contribution in [2.24, 2.45) is 5.73 Å². The molecular weight excluding hydrogens is 234 g/mol. The predicted molar refractivity (Wildman–Crippen MR) is 66.0 cm³/mol. The van der Waals surface area contributed by atoms with E-state index in [9.17, 15) is 14.9 Å². The Bertz CT molecular complexity index is 458. The summed E-state index contributed by atoms with van der Waals surface area (Å²) in [6.45, 7) is 1.30. The van der Waals surface area contributed by atoms with E-state index in [0.29, 0.717) is 13.1 Å². The maximum atomic E-state index is 11.9. The zero-order valence-corrected chi connectivity index (χ0v) is 9.91. The van der Waals surface area contributed by atoms with Crippen LogP contribution >= 0.6 is 0 Å². The van der Waals surface area contributed by atoms with Crippen molar-refractivity contribution in [3.05, 3.63) is 39.9 Å². The van der Waals surface area contributed by atoms with Gasteiger partial charge in [0.2, 0.25) is 5.91 Å². The van der Waals surface area contributed by atoms with Crippen LogP contribution in [0.2, 0.25) is 0 Å². The van der Waals surface area contributed by atoms with Crippen LogP contribution in [-0.2, 0) is 11.2 Å². The fourth-order valence-corrected chi connectivity index (χ4v) is 2.04. The SMILES string of the molecule is NC1CCN(C(=O)Cc2ccc([N+](=O)[O-])cc2)C1. The van der Waals surface area contributed by atoms with Crippen LogP contribution in [0.3, 0.4) is 0 Å². The van der Waals surface area contributed by atoms with Gasteiger partial charge in [-0.1, -0.05) is 12.1 Å².